The number of nitrogens with one attached hydrogen (secondary N) is 1. The average Bonchev–Trinajstić information content (AvgIpc) is 2.98. The highest BCUT2D eigenvalue weighted by Gasteiger charge is 2.19. The predicted molar refractivity (Wildman–Crippen MR) is 93.2 cm³/mol. The van der Waals surface area contributed by atoms with Gasteiger partial charge in [0, 0.05) is 21.8 Å². The van der Waals surface area contributed by atoms with E-state index in [0.29, 0.717) is 0 Å². The Morgan fingerprint density at radius 3 is 2.68 bits per heavy atom. The molecule has 4 rings (SSSR count). The van der Waals surface area contributed by atoms with Gasteiger partial charge in [0.05, 0.1) is 11.2 Å². The Kier molecular flexibility index (Phi) is 3.27. The minimum atomic E-state index is 0.756. The summed E-state index contributed by atoms with van der Waals surface area (Å²) in [7, 11) is 0. The van der Waals surface area contributed by atoms with E-state index in [-0.39, 0.29) is 0 Å². The van der Waals surface area contributed by atoms with Gasteiger partial charge in [0.2, 0.25) is 0 Å². The van der Waals surface area contributed by atoms with Crippen molar-refractivity contribution >= 4 is 33.9 Å². The van der Waals surface area contributed by atoms with Crippen molar-refractivity contribution in [2.75, 3.05) is 5.32 Å². The van der Waals surface area contributed by atoms with Gasteiger partial charge in [-0.25, -0.2) is 0 Å². The lowest BCUT2D eigenvalue weighted by molar-refractivity contribution is 0.901. The Bertz CT molecular complexity index is 853. The standard InChI is InChI=1S/C19H17ClN2/c1-12-5-10-18-16(11-12)19(15-3-2-4-17(15)22-18)21-14-8-6-13(20)7-9-14/h5-11H,2-4H2,1H3,(H,21,22). The Labute approximate surface area is 135 Å². The molecule has 1 N–H and O–H groups in total. The zero-order valence-electron chi connectivity index (χ0n) is 12.5. The SMILES string of the molecule is Cc1ccc2nc3c(c(Nc4ccc(Cl)cc4)c2c1)CCC3. The molecule has 0 aliphatic heterocycles. The third-order valence-corrected chi connectivity index (χ3v) is 4.53. The molecule has 1 heterocycles. The molecule has 3 aromatic rings. The van der Waals surface area contributed by atoms with Gasteiger partial charge in [-0.3, -0.25) is 4.98 Å². The van der Waals surface area contributed by atoms with Crippen LogP contribution in [0.1, 0.15) is 23.2 Å². The molecule has 1 aliphatic carbocycles. The molecule has 0 spiro atoms. The fourth-order valence-electron chi connectivity index (χ4n) is 3.20. The number of rotatable bonds is 2. The molecule has 22 heavy (non-hydrogen) atoms. The van der Waals surface area contributed by atoms with Gasteiger partial charge in [-0.1, -0.05) is 23.2 Å². The Morgan fingerprint density at radius 2 is 1.86 bits per heavy atom. The van der Waals surface area contributed by atoms with Crippen LogP contribution < -0.4 is 5.32 Å². The molecule has 0 atom stereocenters. The lowest BCUT2D eigenvalue weighted by Gasteiger charge is -2.15. The van der Waals surface area contributed by atoms with Crippen molar-refractivity contribution in [3.8, 4) is 0 Å². The molecule has 0 saturated carbocycles. The molecule has 3 heteroatoms. The summed E-state index contributed by atoms with van der Waals surface area (Å²) < 4.78 is 0. The van der Waals surface area contributed by atoms with E-state index < -0.39 is 0 Å². The molecule has 110 valence electrons. The predicted octanol–water partition coefficient (Wildman–Crippen LogP) is 5.43. The molecule has 2 nitrogen and oxygen atoms in total. The van der Waals surface area contributed by atoms with E-state index >= 15 is 0 Å². The summed E-state index contributed by atoms with van der Waals surface area (Å²) in [6.07, 6.45) is 3.36. The lowest BCUT2D eigenvalue weighted by atomic mass is 10.0. The van der Waals surface area contributed by atoms with Crippen LogP contribution in [0.2, 0.25) is 5.02 Å². The maximum Gasteiger partial charge on any atom is 0.0726 e. The Balaban J connectivity index is 1.90. The summed E-state index contributed by atoms with van der Waals surface area (Å²) in [5.74, 6) is 0. The zero-order valence-corrected chi connectivity index (χ0v) is 13.2. The van der Waals surface area contributed by atoms with Gasteiger partial charge in [-0.2, -0.15) is 0 Å². The van der Waals surface area contributed by atoms with Crippen LogP contribution >= 0.6 is 11.6 Å². The van der Waals surface area contributed by atoms with Gasteiger partial charge in [0.25, 0.3) is 0 Å². The number of nitrogens with zero attached hydrogens (tertiary/aromatic N) is 1. The van der Waals surface area contributed by atoms with Gasteiger partial charge in [0.15, 0.2) is 0 Å². The van der Waals surface area contributed by atoms with Crippen LogP contribution in [-0.2, 0) is 12.8 Å². The van der Waals surface area contributed by atoms with E-state index in [2.05, 4.69) is 30.4 Å². The molecular weight excluding hydrogens is 292 g/mol. The first-order chi connectivity index (χ1) is 10.7. The largest absolute Gasteiger partial charge is 0.355 e. The summed E-state index contributed by atoms with van der Waals surface area (Å²) in [6, 6.07) is 14.3. The second-order valence-electron chi connectivity index (χ2n) is 5.92. The monoisotopic (exact) mass is 308 g/mol. The summed E-state index contributed by atoms with van der Waals surface area (Å²) >= 11 is 5.99. The molecule has 1 aliphatic rings. The fourth-order valence-corrected chi connectivity index (χ4v) is 3.32. The summed E-state index contributed by atoms with van der Waals surface area (Å²) in [5, 5.41) is 5.56. The van der Waals surface area contributed by atoms with Crippen molar-refractivity contribution in [1.82, 2.24) is 4.98 Å². The highest BCUT2D eigenvalue weighted by atomic mass is 35.5. The van der Waals surface area contributed by atoms with Gasteiger partial charge in [-0.15, -0.1) is 0 Å². The first-order valence-electron chi connectivity index (χ1n) is 7.65. The second kappa shape index (κ2) is 5.29. The van der Waals surface area contributed by atoms with Crippen LogP contribution in [0.25, 0.3) is 10.9 Å². The minimum absolute atomic E-state index is 0.756. The average molecular weight is 309 g/mol. The number of hydrogen-bond donors (Lipinski definition) is 1. The maximum absolute atomic E-state index is 5.99. The van der Waals surface area contributed by atoms with Crippen molar-refractivity contribution in [2.24, 2.45) is 0 Å². The van der Waals surface area contributed by atoms with E-state index in [1.807, 2.05) is 24.3 Å². The maximum atomic E-state index is 5.99. The number of aromatic nitrogens is 1. The summed E-state index contributed by atoms with van der Waals surface area (Å²) in [5.41, 5.74) is 7.21. The van der Waals surface area contributed by atoms with Crippen LogP contribution in [0.4, 0.5) is 11.4 Å². The Morgan fingerprint density at radius 1 is 1.05 bits per heavy atom. The first-order valence-corrected chi connectivity index (χ1v) is 8.03. The second-order valence-corrected chi connectivity index (χ2v) is 6.35. The Hall–Kier alpha value is -2.06. The zero-order chi connectivity index (χ0) is 15.1. The third kappa shape index (κ3) is 2.34. The normalized spacial score (nSPS) is 13.4. The van der Waals surface area contributed by atoms with Crippen molar-refractivity contribution in [3.05, 3.63) is 64.3 Å². The van der Waals surface area contributed by atoms with E-state index in [4.69, 9.17) is 16.6 Å². The fraction of sp³-hybridized carbons (Fsp3) is 0.211. The van der Waals surface area contributed by atoms with E-state index in [1.54, 1.807) is 0 Å². The number of benzene rings is 2. The number of halogens is 1. The van der Waals surface area contributed by atoms with Crippen LogP contribution in [-0.4, -0.2) is 4.98 Å². The highest BCUT2D eigenvalue weighted by molar-refractivity contribution is 6.30. The number of fused-ring (bicyclic) bond motifs is 2. The van der Waals surface area contributed by atoms with Gasteiger partial charge in [0.1, 0.15) is 0 Å². The number of aryl methyl sites for hydroxylation is 2. The number of hydrogen-bond acceptors (Lipinski definition) is 2. The molecule has 1 aromatic heterocycles. The van der Waals surface area contributed by atoms with Crippen molar-refractivity contribution in [3.63, 3.8) is 0 Å². The van der Waals surface area contributed by atoms with Crippen LogP contribution in [0, 0.1) is 6.92 Å². The highest BCUT2D eigenvalue weighted by Crippen LogP contribution is 2.36. The number of pyridine rings is 1. The molecule has 2 aromatic carbocycles. The van der Waals surface area contributed by atoms with Crippen LogP contribution in [0.5, 0.6) is 0 Å². The summed E-state index contributed by atoms with van der Waals surface area (Å²) in [6.45, 7) is 2.12. The molecule has 0 amide bonds. The first kappa shape index (κ1) is 13.6. The van der Waals surface area contributed by atoms with E-state index in [1.165, 1.54) is 34.3 Å². The molecule has 0 fully saturated rings. The topological polar surface area (TPSA) is 24.9 Å². The minimum Gasteiger partial charge on any atom is -0.355 e. The van der Waals surface area contributed by atoms with Crippen molar-refractivity contribution in [2.45, 2.75) is 26.2 Å². The third-order valence-electron chi connectivity index (χ3n) is 4.28. The van der Waals surface area contributed by atoms with Crippen molar-refractivity contribution in [1.29, 1.82) is 0 Å². The van der Waals surface area contributed by atoms with Gasteiger partial charge in [-0.05, 0) is 68.1 Å². The molecular formula is C19H17ClN2. The van der Waals surface area contributed by atoms with Crippen LogP contribution in [0.15, 0.2) is 42.5 Å². The number of anilines is 2. The molecule has 0 saturated heterocycles. The van der Waals surface area contributed by atoms with E-state index in [9.17, 15) is 0 Å². The van der Waals surface area contributed by atoms with Crippen molar-refractivity contribution < 1.29 is 0 Å². The molecule has 0 bridgehead atoms. The lowest BCUT2D eigenvalue weighted by Crippen LogP contribution is -2.00. The smallest absolute Gasteiger partial charge is 0.0726 e. The van der Waals surface area contributed by atoms with Gasteiger partial charge < -0.3 is 5.32 Å². The molecule has 0 radical (unpaired) electrons. The quantitative estimate of drug-likeness (QED) is 0.683. The van der Waals surface area contributed by atoms with Gasteiger partial charge >= 0.3 is 0 Å². The van der Waals surface area contributed by atoms with E-state index in [0.717, 1.165) is 29.1 Å². The van der Waals surface area contributed by atoms with Crippen LogP contribution in [0.3, 0.4) is 0 Å². The molecule has 0 unspecified atom stereocenters. The summed E-state index contributed by atoms with van der Waals surface area (Å²) in [4.78, 5) is 4.85.